The van der Waals surface area contributed by atoms with Gasteiger partial charge in [0.1, 0.15) is 5.82 Å². The van der Waals surface area contributed by atoms with Gasteiger partial charge in [-0.05, 0) is 83.3 Å². The summed E-state index contributed by atoms with van der Waals surface area (Å²) in [6, 6.07) is 6.80. The Morgan fingerprint density at radius 2 is 1.74 bits per heavy atom. The van der Waals surface area contributed by atoms with Gasteiger partial charge in [0.15, 0.2) is 0 Å². The third kappa shape index (κ3) is 3.58. The van der Waals surface area contributed by atoms with Crippen molar-refractivity contribution in [3.05, 3.63) is 30.1 Å². The number of carbonyl (C=O) groups is 1. The molecule has 1 amide bonds. The summed E-state index contributed by atoms with van der Waals surface area (Å²) >= 11 is 0. The predicted molar refractivity (Wildman–Crippen MR) is 106 cm³/mol. The quantitative estimate of drug-likeness (QED) is 0.809. The molecule has 1 aromatic carbocycles. The number of hydrogen-bond donors (Lipinski definition) is 0. The lowest BCUT2D eigenvalue weighted by Crippen LogP contribution is -2.52. The average Bonchev–Trinajstić information content (AvgIpc) is 3.16. The van der Waals surface area contributed by atoms with E-state index >= 15 is 0 Å². The monoisotopic (exact) mass is 373 g/mol. The van der Waals surface area contributed by atoms with Crippen molar-refractivity contribution in [1.29, 1.82) is 0 Å². The maximum atomic E-state index is 13.4. The highest BCUT2D eigenvalue weighted by atomic mass is 19.1. The fraction of sp³-hybridized carbons (Fsp3) is 0.682. The van der Waals surface area contributed by atoms with Crippen molar-refractivity contribution in [3.8, 4) is 0 Å². The van der Waals surface area contributed by atoms with Gasteiger partial charge in [0.25, 0.3) is 0 Å². The summed E-state index contributed by atoms with van der Waals surface area (Å²) < 4.78 is 13.4. The van der Waals surface area contributed by atoms with E-state index in [4.69, 9.17) is 0 Å². The van der Waals surface area contributed by atoms with Crippen LogP contribution >= 0.6 is 0 Å². The lowest BCUT2D eigenvalue weighted by atomic mass is 9.87. The van der Waals surface area contributed by atoms with E-state index in [1.54, 1.807) is 0 Å². The SMILES string of the molecule is CC1(C)CC2(CCCN2C(=O)CN2CCCCC2)CN1c1ccc(F)cc1. The second-order valence-electron chi connectivity index (χ2n) is 9.26. The second kappa shape index (κ2) is 7.08. The summed E-state index contributed by atoms with van der Waals surface area (Å²) in [5, 5.41) is 0. The normalized spacial score (nSPS) is 28.3. The number of piperidine rings is 1. The Morgan fingerprint density at radius 1 is 1.04 bits per heavy atom. The summed E-state index contributed by atoms with van der Waals surface area (Å²) in [5.41, 5.74) is 0.921. The number of hydrogen-bond acceptors (Lipinski definition) is 3. The van der Waals surface area contributed by atoms with Gasteiger partial charge in [-0.25, -0.2) is 4.39 Å². The maximum absolute atomic E-state index is 13.4. The first-order valence-corrected chi connectivity index (χ1v) is 10.5. The minimum absolute atomic E-state index is 0.0498. The molecule has 148 valence electrons. The van der Waals surface area contributed by atoms with Crippen LogP contribution in [0.1, 0.15) is 52.4 Å². The van der Waals surface area contributed by atoms with E-state index in [2.05, 4.69) is 28.5 Å². The zero-order valence-electron chi connectivity index (χ0n) is 16.7. The van der Waals surface area contributed by atoms with E-state index in [9.17, 15) is 9.18 Å². The summed E-state index contributed by atoms with van der Waals surface area (Å²) in [5.74, 6) is 0.0934. The topological polar surface area (TPSA) is 26.8 Å². The third-order valence-corrected chi connectivity index (χ3v) is 6.79. The van der Waals surface area contributed by atoms with E-state index in [0.717, 1.165) is 51.1 Å². The molecule has 3 heterocycles. The zero-order valence-corrected chi connectivity index (χ0v) is 16.7. The number of likely N-dealkylation sites (tertiary alicyclic amines) is 2. The number of halogens is 1. The molecule has 3 aliphatic rings. The zero-order chi connectivity index (χ0) is 19.1. The molecule has 3 aliphatic heterocycles. The van der Waals surface area contributed by atoms with E-state index in [-0.39, 0.29) is 16.9 Å². The average molecular weight is 374 g/mol. The molecule has 3 fully saturated rings. The summed E-state index contributed by atoms with van der Waals surface area (Å²) in [6.45, 7) is 8.89. The van der Waals surface area contributed by atoms with Gasteiger partial charge in [-0.3, -0.25) is 9.69 Å². The molecule has 1 aromatic rings. The van der Waals surface area contributed by atoms with Crippen LogP contribution < -0.4 is 4.90 Å². The first-order valence-electron chi connectivity index (χ1n) is 10.5. The van der Waals surface area contributed by atoms with Gasteiger partial charge in [-0.1, -0.05) is 6.42 Å². The molecule has 5 heteroatoms. The minimum Gasteiger partial charge on any atom is -0.364 e. The van der Waals surface area contributed by atoms with Gasteiger partial charge in [-0.2, -0.15) is 0 Å². The van der Waals surface area contributed by atoms with Crippen molar-refractivity contribution in [3.63, 3.8) is 0 Å². The van der Waals surface area contributed by atoms with Crippen molar-refractivity contribution in [2.45, 2.75) is 63.5 Å². The van der Waals surface area contributed by atoms with Gasteiger partial charge in [0, 0.05) is 24.3 Å². The van der Waals surface area contributed by atoms with Gasteiger partial charge in [0.2, 0.25) is 5.91 Å². The van der Waals surface area contributed by atoms with E-state index < -0.39 is 0 Å². The van der Waals surface area contributed by atoms with E-state index in [0.29, 0.717) is 12.5 Å². The van der Waals surface area contributed by atoms with Crippen molar-refractivity contribution in [2.75, 3.05) is 37.6 Å². The Kier molecular flexibility index (Phi) is 4.91. The molecule has 1 spiro atoms. The largest absolute Gasteiger partial charge is 0.364 e. The highest BCUT2D eigenvalue weighted by molar-refractivity contribution is 5.80. The summed E-state index contributed by atoms with van der Waals surface area (Å²) in [6.07, 6.45) is 6.84. The molecule has 4 nitrogen and oxygen atoms in total. The van der Waals surface area contributed by atoms with Crippen LogP contribution in [-0.2, 0) is 4.79 Å². The van der Waals surface area contributed by atoms with Crippen LogP contribution in [0.15, 0.2) is 24.3 Å². The standard InChI is InChI=1S/C22H32FN3O/c1-21(2)16-22(17-26(21)19-9-7-18(23)8-10-19)11-6-14-25(22)20(27)15-24-12-4-3-5-13-24/h7-10H,3-6,11-17H2,1-2H3. The molecular formula is C22H32FN3O. The van der Waals surface area contributed by atoms with Gasteiger partial charge in [0.05, 0.1) is 12.1 Å². The lowest BCUT2D eigenvalue weighted by Gasteiger charge is -2.37. The Balaban J connectivity index is 1.52. The smallest absolute Gasteiger partial charge is 0.237 e. The van der Waals surface area contributed by atoms with Crippen LogP contribution in [-0.4, -0.2) is 59.5 Å². The summed E-state index contributed by atoms with van der Waals surface area (Å²) in [4.78, 5) is 20.1. The van der Waals surface area contributed by atoms with Gasteiger partial charge >= 0.3 is 0 Å². The molecule has 0 bridgehead atoms. The highest BCUT2D eigenvalue weighted by Crippen LogP contribution is 2.47. The molecule has 0 N–H and O–H groups in total. The Bertz CT molecular complexity index is 683. The first kappa shape index (κ1) is 18.7. The molecule has 1 atom stereocenters. The van der Waals surface area contributed by atoms with Crippen LogP contribution in [0.25, 0.3) is 0 Å². The van der Waals surface area contributed by atoms with Crippen LogP contribution in [0.5, 0.6) is 0 Å². The van der Waals surface area contributed by atoms with Gasteiger partial charge < -0.3 is 9.80 Å². The fourth-order valence-electron chi connectivity index (χ4n) is 5.60. The van der Waals surface area contributed by atoms with Crippen LogP contribution in [0.2, 0.25) is 0 Å². The van der Waals surface area contributed by atoms with E-state index in [1.807, 2.05) is 12.1 Å². The predicted octanol–water partition coefficient (Wildman–Crippen LogP) is 3.66. The molecule has 0 radical (unpaired) electrons. The third-order valence-electron chi connectivity index (χ3n) is 6.79. The molecule has 0 aliphatic carbocycles. The van der Waals surface area contributed by atoms with Crippen LogP contribution in [0.4, 0.5) is 10.1 Å². The number of anilines is 1. The van der Waals surface area contributed by atoms with Crippen LogP contribution in [0.3, 0.4) is 0 Å². The van der Waals surface area contributed by atoms with Crippen LogP contribution in [0, 0.1) is 5.82 Å². The Labute approximate surface area is 162 Å². The molecule has 1 unspecified atom stereocenters. The van der Waals surface area contributed by atoms with Crippen molar-refractivity contribution in [2.24, 2.45) is 0 Å². The van der Waals surface area contributed by atoms with Crippen molar-refractivity contribution in [1.82, 2.24) is 9.80 Å². The summed E-state index contributed by atoms with van der Waals surface area (Å²) in [7, 11) is 0. The molecule has 4 rings (SSSR count). The first-order chi connectivity index (χ1) is 12.9. The number of rotatable bonds is 3. The van der Waals surface area contributed by atoms with E-state index in [1.165, 1.54) is 31.4 Å². The highest BCUT2D eigenvalue weighted by Gasteiger charge is 2.54. The fourth-order valence-corrected chi connectivity index (χ4v) is 5.60. The van der Waals surface area contributed by atoms with Crippen molar-refractivity contribution >= 4 is 11.6 Å². The molecule has 0 saturated carbocycles. The number of amides is 1. The Hall–Kier alpha value is -1.62. The minimum atomic E-state index is -0.204. The number of benzene rings is 1. The number of nitrogens with zero attached hydrogens (tertiary/aromatic N) is 3. The van der Waals surface area contributed by atoms with Crippen molar-refractivity contribution < 1.29 is 9.18 Å². The molecule has 0 aromatic heterocycles. The molecular weight excluding hydrogens is 341 g/mol. The molecule has 27 heavy (non-hydrogen) atoms. The van der Waals surface area contributed by atoms with Gasteiger partial charge in [-0.15, -0.1) is 0 Å². The second-order valence-corrected chi connectivity index (χ2v) is 9.26. The maximum Gasteiger partial charge on any atom is 0.237 e. The Morgan fingerprint density at radius 3 is 2.44 bits per heavy atom. The molecule has 3 saturated heterocycles. The number of carbonyl (C=O) groups excluding carboxylic acids is 1. The lowest BCUT2D eigenvalue weighted by molar-refractivity contribution is -0.136.